The van der Waals surface area contributed by atoms with Gasteiger partial charge in [-0.2, -0.15) is 0 Å². The molecule has 3 aromatic rings. The van der Waals surface area contributed by atoms with Gasteiger partial charge in [0.2, 0.25) is 5.91 Å². The number of anilines is 3. The van der Waals surface area contributed by atoms with Crippen molar-refractivity contribution in [3.8, 4) is 0 Å². The van der Waals surface area contributed by atoms with E-state index in [4.69, 9.17) is 4.42 Å². The number of aliphatic carboxylic acids is 1. The number of nitrogens with one attached hydrogen (secondary N) is 2. The fraction of sp³-hybridized carbons (Fsp3) is 0.143. The molecule has 1 heterocycles. The van der Waals surface area contributed by atoms with Gasteiger partial charge in [0.25, 0.3) is 0 Å². The Bertz CT molecular complexity index is 893. The van der Waals surface area contributed by atoms with E-state index in [1.54, 1.807) is 24.3 Å². The smallest absolute Gasteiger partial charge is 0.230 e. The van der Waals surface area contributed by atoms with Crippen molar-refractivity contribution in [1.82, 2.24) is 0 Å². The van der Waals surface area contributed by atoms with Crippen LogP contribution in [0.3, 0.4) is 0 Å². The number of hydrogen-bond donors (Lipinski definition) is 3. The van der Waals surface area contributed by atoms with Crippen molar-refractivity contribution in [1.29, 1.82) is 0 Å². The van der Waals surface area contributed by atoms with Gasteiger partial charge >= 0.3 is 0 Å². The normalized spacial score (nSPS) is 11.6. The zero-order valence-electron chi connectivity index (χ0n) is 15.1. The minimum atomic E-state index is -1.29. The molecule has 2 aromatic carbocycles. The lowest BCUT2D eigenvalue weighted by Gasteiger charge is -2.16. The summed E-state index contributed by atoms with van der Waals surface area (Å²) < 4.78 is 5.17. The van der Waals surface area contributed by atoms with E-state index in [1.165, 1.54) is 11.6 Å². The minimum Gasteiger partial charge on any atom is -0.544 e. The third-order valence-electron chi connectivity index (χ3n) is 4.12. The predicted octanol–water partition coefficient (Wildman–Crippen LogP) is 1.23. The molecule has 144 valence electrons. The lowest BCUT2D eigenvalue weighted by molar-refractivity contribution is -0.698. The minimum absolute atomic E-state index is 0.201. The van der Waals surface area contributed by atoms with Crippen LogP contribution in [0.2, 0.25) is 0 Å². The van der Waals surface area contributed by atoms with Crippen LogP contribution in [0.15, 0.2) is 77.4 Å². The predicted molar refractivity (Wildman–Crippen MR) is 103 cm³/mol. The summed E-state index contributed by atoms with van der Waals surface area (Å²) in [5.74, 6) is -1.05. The van der Waals surface area contributed by atoms with E-state index in [-0.39, 0.29) is 6.42 Å². The summed E-state index contributed by atoms with van der Waals surface area (Å²) in [4.78, 5) is 23.5. The van der Waals surface area contributed by atoms with Crippen molar-refractivity contribution >= 4 is 28.9 Å². The molecule has 1 aromatic heterocycles. The number of para-hydroxylation sites is 1. The van der Waals surface area contributed by atoms with Crippen LogP contribution >= 0.6 is 0 Å². The summed E-state index contributed by atoms with van der Waals surface area (Å²) in [6.07, 6.45) is 1.31. The molecule has 0 fully saturated rings. The number of benzene rings is 2. The van der Waals surface area contributed by atoms with Gasteiger partial charge in [0, 0.05) is 17.1 Å². The third-order valence-corrected chi connectivity index (χ3v) is 4.12. The molecule has 0 unspecified atom stereocenters. The molecule has 0 bridgehead atoms. The Labute approximate surface area is 162 Å². The molecule has 0 radical (unpaired) electrons. The molecule has 0 spiro atoms. The highest BCUT2D eigenvalue weighted by atomic mass is 16.4. The molecule has 28 heavy (non-hydrogen) atoms. The van der Waals surface area contributed by atoms with Crippen LogP contribution in [0.5, 0.6) is 0 Å². The number of carbonyl (C=O) groups excluding carboxylic acids is 2. The maximum atomic E-state index is 12.2. The maximum Gasteiger partial charge on any atom is 0.230 e. The molecule has 3 rings (SSSR count). The molecule has 7 heteroatoms. The van der Waals surface area contributed by atoms with Gasteiger partial charge in [-0.3, -0.25) is 4.79 Å². The number of carboxylic acids is 1. The Hall–Kier alpha value is -3.58. The zero-order chi connectivity index (χ0) is 19.8. The maximum absolute atomic E-state index is 12.2. The average molecular weight is 379 g/mol. The first-order valence-electron chi connectivity index (χ1n) is 8.89. The molecule has 7 nitrogen and oxygen atoms in total. The van der Waals surface area contributed by atoms with E-state index >= 15 is 0 Å². The van der Waals surface area contributed by atoms with E-state index in [1.807, 2.05) is 42.5 Å². The van der Waals surface area contributed by atoms with E-state index < -0.39 is 17.9 Å². The van der Waals surface area contributed by atoms with Crippen LogP contribution in [0.1, 0.15) is 12.2 Å². The second-order valence-corrected chi connectivity index (χ2v) is 6.27. The van der Waals surface area contributed by atoms with Crippen molar-refractivity contribution in [2.24, 2.45) is 0 Å². The summed E-state index contributed by atoms with van der Waals surface area (Å²) in [6.45, 7) is 0.318. The second kappa shape index (κ2) is 9.38. The number of nitrogens with two attached hydrogens (primary N) is 1. The highest BCUT2D eigenvalue weighted by Crippen LogP contribution is 2.18. The third kappa shape index (κ3) is 5.72. The van der Waals surface area contributed by atoms with Crippen molar-refractivity contribution < 1.29 is 24.4 Å². The molecule has 0 saturated carbocycles. The first-order valence-corrected chi connectivity index (χ1v) is 8.89. The van der Waals surface area contributed by atoms with Gasteiger partial charge in [0.15, 0.2) is 5.76 Å². The van der Waals surface area contributed by atoms with E-state index in [2.05, 4.69) is 10.6 Å². The number of hydrogen-bond acceptors (Lipinski definition) is 5. The van der Waals surface area contributed by atoms with Crippen molar-refractivity contribution in [3.05, 3.63) is 78.8 Å². The van der Waals surface area contributed by atoms with Crippen LogP contribution in [0.25, 0.3) is 0 Å². The van der Waals surface area contributed by atoms with Crippen molar-refractivity contribution in [3.63, 3.8) is 0 Å². The SMILES string of the molecule is O=C(C[C@@H]([NH2+]Cc1ccco1)C(=O)[O-])Nc1ccc(Nc2ccccc2)cc1. The second-order valence-electron chi connectivity index (χ2n) is 6.27. The fourth-order valence-electron chi connectivity index (χ4n) is 2.69. The average Bonchev–Trinajstić information content (AvgIpc) is 3.21. The lowest BCUT2D eigenvalue weighted by atomic mass is 10.2. The Balaban J connectivity index is 1.52. The quantitative estimate of drug-likeness (QED) is 0.518. The number of amides is 1. The first kappa shape index (κ1) is 19.2. The topological polar surface area (TPSA) is 111 Å². The van der Waals surface area contributed by atoms with Crippen molar-refractivity contribution in [2.75, 3.05) is 10.6 Å². The molecular formula is C21H21N3O4. The number of carbonyl (C=O) groups is 2. The summed E-state index contributed by atoms with van der Waals surface area (Å²) >= 11 is 0. The fourth-order valence-corrected chi connectivity index (χ4v) is 2.69. The standard InChI is InChI=1S/C21H21N3O4/c25-20(13-19(21(26)27)22-14-18-7-4-12-28-18)24-17-10-8-16(9-11-17)23-15-5-2-1-3-6-15/h1-12,19,22-23H,13-14H2,(H,24,25)(H,26,27)/t19-/m1/s1. The Morgan fingerprint density at radius 2 is 1.61 bits per heavy atom. The van der Waals surface area contributed by atoms with Crippen LogP contribution in [-0.2, 0) is 16.1 Å². The summed E-state index contributed by atoms with van der Waals surface area (Å²) in [5, 5.41) is 18.8. The van der Waals surface area contributed by atoms with E-state index in [0.717, 1.165) is 11.4 Å². The van der Waals surface area contributed by atoms with Gasteiger partial charge in [-0.15, -0.1) is 0 Å². The van der Waals surface area contributed by atoms with Crippen LogP contribution in [0.4, 0.5) is 17.1 Å². The number of quaternary nitrogens is 1. The van der Waals surface area contributed by atoms with Gasteiger partial charge < -0.3 is 30.3 Å². The van der Waals surface area contributed by atoms with Gasteiger partial charge in [-0.05, 0) is 48.5 Å². The van der Waals surface area contributed by atoms with Gasteiger partial charge in [0.1, 0.15) is 12.6 Å². The molecule has 0 aliphatic heterocycles. The zero-order valence-corrected chi connectivity index (χ0v) is 15.1. The molecule has 0 saturated heterocycles. The number of furan rings is 1. The monoisotopic (exact) mass is 379 g/mol. The van der Waals surface area contributed by atoms with Crippen LogP contribution in [-0.4, -0.2) is 17.9 Å². The van der Waals surface area contributed by atoms with Gasteiger partial charge in [-0.1, -0.05) is 18.2 Å². The molecular weight excluding hydrogens is 358 g/mol. The highest BCUT2D eigenvalue weighted by molar-refractivity contribution is 5.93. The van der Waals surface area contributed by atoms with Crippen molar-refractivity contribution in [2.45, 2.75) is 19.0 Å². The molecule has 0 aliphatic rings. The Kier molecular flexibility index (Phi) is 6.43. The Morgan fingerprint density at radius 3 is 2.25 bits per heavy atom. The molecule has 4 N–H and O–H groups in total. The summed E-state index contributed by atoms with van der Waals surface area (Å²) in [6, 6.07) is 19.4. The van der Waals surface area contributed by atoms with Gasteiger partial charge in [-0.25, -0.2) is 0 Å². The molecule has 1 amide bonds. The van der Waals surface area contributed by atoms with E-state index in [9.17, 15) is 14.7 Å². The molecule has 1 atom stereocenters. The Morgan fingerprint density at radius 1 is 0.929 bits per heavy atom. The molecule has 0 aliphatic carbocycles. The number of carboxylic acid groups (broad SMARTS) is 1. The van der Waals surface area contributed by atoms with Crippen LogP contribution < -0.4 is 21.1 Å². The summed E-state index contributed by atoms with van der Waals surface area (Å²) in [7, 11) is 0. The summed E-state index contributed by atoms with van der Waals surface area (Å²) in [5.41, 5.74) is 2.43. The number of rotatable bonds is 9. The van der Waals surface area contributed by atoms with Gasteiger partial charge in [0.05, 0.1) is 18.7 Å². The lowest BCUT2D eigenvalue weighted by Crippen LogP contribution is -2.92. The first-order chi connectivity index (χ1) is 13.6. The van der Waals surface area contributed by atoms with E-state index in [0.29, 0.717) is 18.0 Å². The highest BCUT2D eigenvalue weighted by Gasteiger charge is 2.19. The largest absolute Gasteiger partial charge is 0.544 e. The van der Waals surface area contributed by atoms with Crippen LogP contribution in [0, 0.1) is 0 Å².